The van der Waals surface area contributed by atoms with Gasteiger partial charge in [-0.3, -0.25) is 18.6 Å². The van der Waals surface area contributed by atoms with E-state index in [2.05, 4.69) is 31.4 Å². The topological polar surface area (TPSA) is 169 Å². The molecule has 0 aliphatic carbocycles. The first-order chi connectivity index (χ1) is 26.5. The van der Waals surface area contributed by atoms with Crippen molar-refractivity contribution in [2.24, 2.45) is 5.92 Å². The highest BCUT2D eigenvalue weighted by molar-refractivity contribution is 7.47. The Labute approximate surface area is 333 Å². The molecule has 0 rings (SSSR count). The number of aliphatic hydroxyl groups is 3. The Balaban J connectivity index is 4.48. The Hall–Kier alpha value is -2.11. The highest BCUT2D eigenvalue weighted by Gasteiger charge is 2.27. The molecule has 11 nitrogen and oxygen atoms in total. The maximum Gasteiger partial charge on any atom is 0.472 e. The third kappa shape index (κ3) is 37.2. The normalized spacial score (nSPS) is 15.5. The lowest BCUT2D eigenvalue weighted by Gasteiger charge is -2.20. The Kier molecular flexibility index (Phi) is 36.0. The van der Waals surface area contributed by atoms with Crippen LogP contribution in [0, 0.1) is 5.92 Å². The summed E-state index contributed by atoms with van der Waals surface area (Å²) < 4.78 is 32.6. The lowest BCUT2D eigenvalue weighted by Crippen LogP contribution is -2.29. The zero-order chi connectivity index (χ0) is 40.8. The first-order valence-electron chi connectivity index (χ1n) is 21.1. The van der Waals surface area contributed by atoms with Crippen LogP contribution in [-0.4, -0.2) is 76.9 Å². The quantitative estimate of drug-likeness (QED) is 0.0154. The van der Waals surface area contributed by atoms with Crippen LogP contribution in [0.3, 0.4) is 0 Å². The molecular weight excluding hydrogens is 723 g/mol. The molecule has 0 aromatic heterocycles. The molecule has 5 atom stereocenters. The fourth-order valence-electron chi connectivity index (χ4n) is 5.40. The van der Waals surface area contributed by atoms with Crippen LogP contribution in [0.5, 0.6) is 0 Å². The van der Waals surface area contributed by atoms with Crippen LogP contribution in [-0.2, 0) is 32.7 Å². The standard InChI is InChI=1S/C43H77O11P/c1-4-6-7-8-20-25-30-39(45)31-26-21-16-13-14-17-22-27-32-42(47)51-36-41(37-53-55(49,50)52-35-40(46)34-44)54-43(48)33-28-23-18-12-10-9-11-15-19-24-29-38(3)5-2/h14,16-17,20-21,25-26,31,38-41,44-46H,4-13,15,18-19,22-24,27-30,32-37H2,1-3H3,(H,49,50)/b17-14-,21-16-,25-20-,31-26+/t38?,39-,40+,41-/m1/s1. The van der Waals surface area contributed by atoms with Crippen molar-refractivity contribution in [3.8, 4) is 0 Å². The number of unbranched alkanes of at least 4 members (excludes halogenated alkanes) is 13. The van der Waals surface area contributed by atoms with Gasteiger partial charge in [-0.1, -0.05) is 153 Å². The van der Waals surface area contributed by atoms with Crippen molar-refractivity contribution in [3.05, 3.63) is 48.6 Å². The van der Waals surface area contributed by atoms with Gasteiger partial charge in [-0.05, 0) is 50.9 Å². The number of ether oxygens (including phenoxy) is 2. The van der Waals surface area contributed by atoms with Crippen molar-refractivity contribution >= 4 is 19.8 Å². The number of hydrogen-bond acceptors (Lipinski definition) is 10. The maximum atomic E-state index is 12.6. The van der Waals surface area contributed by atoms with Crippen LogP contribution in [0.1, 0.15) is 162 Å². The number of aliphatic hydroxyl groups excluding tert-OH is 3. The van der Waals surface area contributed by atoms with Crippen LogP contribution in [0.15, 0.2) is 48.6 Å². The smallest absolute Gasteiger partial charge is 0.462 e. The molecule has 4 N–H and O–H groups in total. The molecule has 0 radical (unpaired) electrons. The average molecular weight is 801 g/mol. The summed E-state index contributed by atoms with van der Waals surface area (Å²) in [4.78, 5) is 34.9. The van der Waals surface area contributed by atoms with Gasteiger partial charge in [-0.25, -0.2) is 4.57 Å². The van der Waals surface area contributed by atoms with Gasteiger partial charge >= 0.3 is 19.8 Å². The van der Waals surface area contributed by atoms with E-state index in [1.54, 1.807) is 6.08 Å². The molecular formula is C43H77O11P. The SMILES string of the molecule is CCCCC/C=C\C[C@@H](O)/C=C/C=C\C/C=C\CCCC(=O)OC[C@H](COP(=O)(O)OC[C@@H](O)CO)OC(=O)CCCCCCCCCCCCC(C)CC. The van der Waals surface area contributed by atoms with Gasteiger partial charge in [0.1, 0.15) is 12.7 Å². The number of phosphoric ester groups is 1. The van der Waals surface area contributed by atoms with E-state index in [0.717, 1.165) is 31.6 Å². The number of carbonyl (C=O) groups is 2. The highest BCUT2D eigenvalue weighted by Crippen LogP contribution is 2.43. The molecule has 0 aromatic rings. The summed E-state index contributed by atoms with van der Waals surface area (Å²) in [6, 6.07) is 0. The molecule has 0 fully saturated rings. The second-order valence-corrected chi connectivity index (χ2v) is 15.9. The molecule has 0 saturated heterocycles. The molecule has 55 heavy (non-hydrogen) atoms. The Bertz CT molecular complexity index is 1090. The first-order valence-corrected chi connectivity index (χ1v) is 22.6. The Morgan fingerprint density at radius 2 is 1.31 bits per heavy atom. The molecule has 0 saturated carbocycles. The molecule has 2 unspecified atom stereocenters. The highest BCUT2D eigenvalue weighted by atomic mass is 31.2. The van der Waals surface area contributed by atoms with E-state index in [1.165, 1.54) is 70.6 Å². The van der Waals surface area contributed by atoms with Crippen LogP contribution in [0.25, 0.3) is 0 Å². The van der Waals surface area contributed by atoms with E-state index >= 15 is 0 Å². The summed E-state index contributed by atoms with van der Waals surface area (Å²) in [5.41, 5.74) is 0. The predicted octanol–water partition coefficient (Wildman–Crippen LogP) is 9.77. The van der Waals surface area contributed by atoms with E-state index in [-0.39, 0.29) is 19.4 Å². The minimum atomic E-state index is -4.64. The van der Waals surface area contributed by atoms with E-state index in [4.69, 9.17) is 19.1 Å². The third-order valence-electron chi connectivity index (χ3n) is 9.11. The van der Waals surface area contributed by atoms with Crippen molar-refractivity contribution in [1.29, 1.82) is 0 Å². The van der Waals surface area contributed by atoms with Gasteiger partial charge in [0.25, 0.3) is 0 Å². The van der Waals surface area contributed by atoms with E-state index in [0.29, 0.717) is 32.1 Å². The van der Waals surface area contributed by atoms with Crippen molar-refractivity contribution in [2.75, 3.05) is 26.4 Å². The summed E-state index contributed by atoms with van der Waals surface area (Å²) in [5, 5.41) is 28.3. The number of allylic oxidation sites excluding steroid dienone is 6. The second kappa shape index (κ2) is 37.5. The van der Waals surface area contributed by atoms with Crippen molar-refractivity contribution in [2.45, 2.75) is 180 Å². The first kappa shape index (κ1) is 52.9. The zero-order valence-electron chi connectivity index (χ0n) is 34.4. The average Bonchev–Trinajstić information content (AvgIpc) is 3.17. The summed E-state index contributed by atoms with van der Waals surface area (Å²) in [5.74, 6) is -0.203. The zero-order valence-corrected chi connectivity index (χ0v) is 35.3. The van der Waals surface area contributed by atoms with Gasteiger partial charge in [-0.15, -0.1) is 0 Å². The van der Waals surface area contributed by atoms with Crippen molar-refractivity contribution < 1.29 is 52.9 Å². The lowest BCUT2D eigenvalue weighted by atomic mass is 9.99. The molecule has 0 amide bonds. The summed E-state index contributed by atoms with van der Waals surface area (Å²) in [7, 11) is -4.64. The fraction of sp³-hybridized carbons (Fsp3) is 0.767. The van der Waals surface area contributed by atoms with Gasteiger partial charge < -0.3 is 29.7 Å². The second-order valence-electron chi connectivity index (χ2n) is 14.5. The van der Waals surface area contributed by atoms with E-state index in [1.807, 2.05) is 36.5 Å². The molecule has 0 aromatic carbocycles. The Morgan fingerprint density at radius 3 is 1.98 bits per heavy atom. The van der Waals surface area contributed by atoms with Crippen molar-refractivity contribution in [1.82, 2.24) is 0 Å². The van der Waals surface area contributed by atoms with E-state index < -0.39 is 57.9 Å². The number of hydrogen-bond donors (Lipinski definition) is 4. The van der Waals surface area contributed by atoms with E-state index in [9.17, 15) is 29.3 Å². The number of carbonyl (C=O) groups excluding carboxylic acids is 2. The lowest BCUT2D eigenvalue weighted by molar-refractivity contribution is -0.161. The summed E-state index contributed by atoms with van der Waals surface area (Å²) >= 11 is 0. The van der Waals surface area contributed by atoms with Crippen LogP contribution in [0.4, 0.5) is 0 Å². The number of esters is 2. The molecule has 0 bridgehead atoms. The fourth-order valence-corrected chi connectivity index (χ4v) is 6.19. The van der Waals surface area contributed by atoms with Gasteiger partial charge in [0.2, 0.25) is 0 Å². The van der Waals surface area contributed by atoms with Crippen LogP contribution < -0.4 is 0 Å². The minimum Gasteiger partial charge on any atom is -0.462 e. The maximum absolute atomic E-state index is 12.6. The molecule has 0 aliphatic heterocycles. The van der Waals surface area contributed by atoms with Crippen LogP contribution >= 0.6 is 7.82 Å². The van der Waals surface area contributed by atoms with Gasteiger partial charge in [-0.2, -0.15) is 0 Å². The molecule has 12 heteroatoms. The summed E-state index contributed by atoms with van der Waals surface area (Å²) in [6.45, 7) is 4.52. The Morgan fingerprint density at radius 1 is 0.691 bits per heavy atom. The predicted molar refractivity (Wildman–Crippen MR) is 220 cm³/mol. The molecule has 320 valence electrons. The summed E-state index contributed by atoms with van der Waals surface area (Å²) in [6.07, 6.45) is 34.0. The minimum absolute atomic E-state index is 0.133. The molecule has 0 aliphatic rings. The van der Waals surface area contributed by atoms with Gasteiger partial charge in [0.15, 0.2) is 6.10 Å². The molecule has 0 heterocycles. The number of phosphoric acid groups is 1. The van der Waals surface area contributed by atoms with Crippen molar-refractivity contribution in [3.63, 3.8) is 0 Å². The van der Waals surface area contributed by atoms with Crippen LogP contribution in [0.2, 0.25) is 0 Å². The van der Waals surface area contributed by atoms with Gasteiger partial charge in [0.05, 0.1) is 25.9 Å². The third-order valence-corrected chi connectivity index (χ3v) is 10.1. The molecule has 0 spiro atoms. The largest absolute Gasteiger partial charge is 0.472 e. The monoisotopic (exact) mass is 801 g/mol. The number of rotatable bonds is 38. The van der Waals surface area contributed by atoms with Gasteiger partial charge in [0, 0.05) is 12.8 Å².